The van der Waals surface area contributed by atoms with Crippen molar-refractivity contribution in [1.29, 1.82) is 0 Å². The molecule has 0 aliphatic rings. The highest BCUT2D eigenvalue weighted by atomic mass is 16.5. The minimum Gasteiger partial charge on any atom is -0.349 e. The fourth-order valence-corrected chi connectivity index (χ4v) is 3.02. The molecule has 3 aromatic rings. The topological polar surface area (TPSA) is 68.0 Å². The fourth-order valence-electron chi connectivity index (χ4n) is 3.02. The van der Waals surface area contributed by atoms with Crippen LogP contribution in [0.1, 0.15) is 50.1 Å². The number of hydrogen-bond acceptors (Lipinski definition) is 4. The van der Waals surface area contributed by atoms with Gasteiger partial charge in [-0.1, -0.05) is 79.2 Å². The summed E-state index contributed by atoms with van der Waals surface area (Å²) in [4.78, 5) is 16.7. The van der Waals surface area contributed by atoms with E-state index in [4.69, 9.17) is 4.52 Å². The number of nitrogens with zero attached hydrogens (tertiary/aromatic N) is 2. The molecule has 0 saturated heterocycles. The number of nitrogens with one attached hydrogen (secondary N) is 1. The molecule has 1 amide bonds. The normalized spacial score (nSPS) is 11.9. The molecule has 0 fully saturated rings. The van der Waals surface area contributed by atoms with Crippen LogP contribution in [0.15, 0.2) is 65.2 Å². The molecule has 1 atom stereocenters. The SMILES string of the molecule is CCCC(NC(=O)CCCc1nc(-c2ccccc2)no1)c1ccccc1. The Hall–Kier alpha value is -2.95. The summed E-state index contributed by atoms with van der Waals surface area (Å²) in [6.07, 6.45) is 3.66. The van der Waals surface area contributed by atoms with Gasteiger partial charge in [-0.3, -0.25) is 4.79 Å². The number of rotatable bonds is 9. The summed E-state index contributed by atoms with van der Waals surface area (Å²) in [6.45, 7) is 2.13. The first kappa shape index (κ1) is 18.8. The largest absolute Gasteiger partial charge is 0.349 e. The van der Waals surface area contributed by atoms with Gasteiger partial charge in [0.1, 0.15) is 0 Å². The molecule has 3 rings (SSSR count). The summed E-state index contributed by atoms with van der Waals surface area (Å²) in [5.41, 5.74) is 2.08. The van der Waals surface area contributed by atoms with Gasteiger partial charge >= 0.3 is 0 Å². The van der Waals surface area contributed by atoms with Crippen LogP contribution in [-0.2, 0) is 11.2 Å². The van der Waals surface area contributed by atoms with Crippen molar-refractivity contribution in [1.82, 2.24) is 15.5 Å². The van der Waals surface area contributed by atoms with Crippen molar-refractivity contribution in [2.24, 2.45) is 0 Å². The Morgan fingerprint density at radius 3 is 2.48 bits per heavy atom. The highest BCUT2D eigenvalue weighted by Gasteiger charge is 2.14. The van der Waals surface area contributed by atoms with E-state index in [1.54, 1.807) is 0 Å². The smallest absolute Gasteiger partial charge is 0.226 e. The summed E-state index contributed by atoms with van der Waals surface area (Å²) in [7, 11) is 0. The molecule has 0 radical (unpaired) electrons. The molecular formula is C22H25N3O2. The monoisotopic (exact) mass is 363 g/mol. The lowest BCUT2D eigenvalue weighted by Crippen LogP contribution is -2.28. The van der Waals surface area contributed by atoms with Gasteiger partial charge in [0.15, 0.2) is 0 Å². The average molecular weight is 363 g/mol. The first-order chi connectivity index (χ1) is 13.3. The van der Waals surface area contributed by atoms with Crippen LogP contribution in [0.5, 0.6) is 0 Å². The maximum absolute atomic E-state index is 12.3. The lowest BCUT2D eigenvalue weighted by molar-refractivity contribution is -0.122. The third kappa shape index (κ3) is 5.51. The summed E-state index contributed by atoms with van der Waals surface area (Å²) in [5, 5.41) is 7.16. The summed E-state index contributed by atoms with van der Waals surface area (Å²) in [5.74, 6) is 1.21. The molecule has 5 heteroatoms. The van der Waals surface area contributed by atoms with Crippen molar-refractivity contribution in [3.8, 4) is 11.4 Å². The van der Waals surface area contributed by atoms with Crippen molar-refractivity contribution < 1.29 is 9.32 Å². The summed E-state index contributed by atoms with van der Waals surface area (Å²) in [6, 6.07) is 19.9. The maximum atomic E-state index is 12.3. The Balaban J connectivity index is 1.48. The molecule has 27 heavy (non-hydrogen) atoms. The predicted molar refractivity (Wildman–Crippen MR) is 105 cm³/mol. The molecule has 1 heterocycles. The molecule has 0 aliphatic heterocycles. The van der Waals surface area contributed by atoms with Crippen molar-refractivity contribution in [2.45, 2.75) is 45.1 Å². The number of carbonyl (C=O) groups is 1. The van der Waals surface area contributed by atoms with Gasteiger partial charge in [-0.2, -0.15) is 4.98 Å². The Labute approximate surface area is 159 Å². The fraction of sp³-hybridized carbons (Fsp3) is 0.318. The number of amides is 1. The third-order valence-corrected chi connectivity index (χ3v) is 4.41. The Morgan fingerprint density at radius 1 is 1.07 bits per heavy atom. The quantitative estimate of drug-likeness (QED) is 0.597. The van der Waals surface area contributed by atoms with Gasteiger partial charge in [-0.15, -0.1) is 0 Å². The number of carbonyl (C=O) groups excluding carboxylic acids is 1. The molecule has 1 N–H and O–H groups in total. The maximum Gasteiger partial charge on any atom is 0.226 e. The molecule has 1 aromatic heterocycles. The van der Waals surface area contributed by atoms with E-state index in [2.05, 4.69) is 34.5 Å². The number of aromatic nitrogens is 2. The van der Waals surface area contributed by atoms with Crippen molar-refractivity contribution >= 4 is 5.91 Å². The Morgan fingerprint density at radius 2 is 1.78 bits per heavy atom. The van der Waals surface area contributed by atoms with Gasteiger partial charge in [0.25, 0.3) is 0 Å². The van der Waals surface area contributed by atoms with Crippen LogP contribution >= 0.6 is 0 Å². The van der Waals surface area contributed by atoms with E-state index >= 15 is 0 Å². The van der Waals surface area contributed by atoms with Crippen LogP contribution in [-0.4, -0.2) is 16.0 Å². The summed E-state index contributed by atoms with van der Waals surface area (Å²) < 4.78 is 5.30. The molecule has 0 saturated carbocycles. The lowest BCUT2D eigenvalue weighted by Gasteiger charge is -2.18. The second kappa shape index (κ2) is 9.67. The molecule has 5 nitrogen and oxygen atoms in total. The van der Waals surface area contributed by atoms with E-state index in [0.717, 1.165) is 24.0 Å². The van der Waals surface area contributed by atoms with Gasteiger partial charge in [-0.25, -0.2) is 0 Å². The van der Waals surface area contributed by atoms with Crippen molar-refractivity contribution in [2.75, 3.05) is 0 Å². The van der Waals surface area contributed by atoms with Gasteiger partial charge < -0.3 is 9.84 Å². The van der Waals surface area contributed by atoms with Gasteiger partial charge in [0.2, 0.25) is 17.6 Å². The average Bonchev–Trinajstić information content (AvgIpc) is 3.18. The Bertz CT molecular complexity index is 831. The second-order valence-corrected chi connectivity index (χ2v) is 6.55. The van der Waals surface area contributed by atoms with Crippen LogP contribution in [0.2, 0.25) is 0 Å². The minimum absolute atomic E-state index is 0.0556. The summed E-state index contributed by atoms with van der Waals surface area (Å²) >= 11 is 0. The van der Waals surface area contributed by atoms with Crippen LogP contribution in [0.25, 0.3) is 11.4 Å². The van der Waals surface area contributed by atoms with E-state index in [0.29, 0.717) is 31.0 Å². The first-order valence-corrected chi connectivity index (χ1v) is 9.48. The lowest BCUT2D eigenvalue weighted by atomic mass is 10.0. The van der Waals surface area contributed by atoms with E-state index in [1.165, 1.54) is 0 Å². The molecule has 1 unspecified atom stereocenters. The number of hydrogen-bond donors (Lipinski definition) is 1. The standard InChI is InChI=1S/C22H25N3O2/c1-2-10-19(17-11-5-3-6-12-17)23-20(26)15-9-16-21-24-22(25-27-21)18-13-7-4-8-14-18/h3-8,11-14,19H,2,9-10,15-16H2,1H3,(H,23,26). The second-order valence-electron chi connectivity index (χ2n) is 6.55. The zero-order valence-corrected chi connectivity index (χ0v) is 15.6. The zero-order valence-electron chi connectivity index (χ0n) is 15.6. The van der Waals surface area contributed by atoms with Gasteiger partial charge in [-0.05, 0) is 18.4 Å². The predicted octanol–water partition coefficient (Wildman–Crippen LogP) is 4.72. The van der Waals surface area contributed by atoms with Crippen LogP contribution in [0.4, 0.5) is 0 Å². The first-order valence-electron chi connectivity index (χ1n) is 9.48. The van der Waals surface area contributed by atoms with E-state index in [-0.39, 0.29) is 11.9 Å². The number of benzene rings is 2. The van der Waals surface area contributed by atoms with E-state index < -0.39 is 0 Å². The van der Waals surface area contributed by atoms with Crippen LogP contribution < -0.4 is 5.32 Å². The molecule has 0 bridgehead atoms. The van der Waals surface area contributed by atoms with Gasteiger partial charge in [0, 0.05) is 18.4 Å². The van der Waals surface area contributed by atoms with E-state index in [1.807, 2.05) is 48.5 Å². The molecule has 0 aliphatic carbocycles. The van der Waals surface area contributed by atoms with Crippen LogP contribution in [0, 0.1) is 0 Å². The number of aryl methyl sites for hydroxylation is 1. The van der Waals surface area contributed by atoms with Crippen molar-refractivity contribution in [3.05, 3.63) is 72.1 Å². The molecule has 0 spiro atoms. The molecular weight excluding hydrogens is 338 g/mol. The van der Waals surface area contributed by atoms with Crippen molar-refractivity contribution in [3.63, 3.8) is 0 Å². The highest BCUT2D eigenvalue weighted by molar-refractivity contribution is 5.76. The third-order valence-electron chi connectivity index (χ3n) is 4.41. The molecule has 2 aromatic carbocycles. The highest BCUT2D eigenvalue weighted by Crippen LogP contribution is 2.19. The van der Waals surface area contributed by atoms with Crippen LogP contribution in [0.3, 0.4) is 0 Å². The van der Waals surface area contributed by atoms with E-state index in [9.17, 15) is 4.79 Å². The zero-order chi connectivity index (χ0) is 18.9. The minimum atomic E-state index is 0.0556. The molecule has 140 valence electrons. The van der Waals surface area contributed by atoms with Gasteiger partial charge in [0.05, 0.1) is 6.04 Å². The Kier molecular flexibility index (Phi) is 6.74.